The monoisotopic (exact) mass is 263 g/mol. The van der Waals surface area contributed by atoms with Gasteiger partial charge in [0.25, 0.3) is 0 Å². The maximum atomic E-state index is 12.7. The number of hydrogen-bond acceptors (Lipinski definition) is 4. The predicted molar refractivity (Wildman–Crippen MR) is 64.4 cm³/mol. The van der Waals surface area contributed by atoms with Crippen molar-refractivity contribution in [3.8, 4) is 0 Å². The van der Waals surface area contributed by atoms with Gasteiger partial charge in [-0.3, -0.25) is 5.32 Å². The molecule has 0 aliphatic carbocycles. The lowest BCUT2D eigenvalue weighted by Gasteiger charge is -2.32. The molecule has 0 radical (unpaired) electrons. The zero-order chi connectivity index (χ0) is 13.8. The minimum Gasteiger partial charge on any atom is -0.530 e. The number of carboxylic acid groups (broad SMARTS) is 1. The first-order chi connectivity index (χ1) is 7.62. The fourth-order valence-corrected chi connectivity index (χ4v) is 5.21. The first-order valence-corrected chi connectivity index (χ1v) is 7.41. The third-order valence-corrected chi connectivity index (χ3v) is 7.34. The largest absolute Gasteiger partial charge is 0.530 e. The van der Waals surface area contributed by atoms with Crippen molar-refractivity contribution in [2.45, 2.75) is 51.7 Å². The molecule has 0 saturated heterocycles. The number of imide groups is 1. The molecular formula is C10H20N2O4P-. The van der Waals surface area contributed by atoms with E-state index in [0.717, 1.165) is 0 Å². The van der Waals surface area contributed by atoms with Crippen molar-refractivity contribution in [1.82, 2.24) is 10.6 Å². The molecule has 0 bridgehead atoms. The molecule has 1 atom stereocenters. The highest BCUT2D eigenvalue weighted by molar-refractivity contribution is 7.65. The van der Waals surface area contributed by atoms with Gasteiger partial charge in [0.15, 0.2) is 0 Å². The number of urea groups is 1. The van der Waals surface area contributed by atoms with Crippen LogP contribution in [0.15, 0.2) is 0 Å². The van der Waals surface area contributed by atoms with Crippen LogP contribution >= 0.6 is 7.14 Å². The summed E-state index contributed by atoms with van der Waals surface area (Å²) in [5.74, 6) is -0.582. The first-order valence-electron chi connectivity index (χ1n) is 5.49. The van der Waals surface area contributed by atoms with E-state index in [2.05, 4.69) is 5.32 Å². The molecule has 1 unspecified atom stereocenters. The number of rotatable bonds is 4. The predicted octanol–water partition coefficient (Wildman–Crippen LogP) is 1.15. The molecule has 2 N–H and O–H groups in total. The van der Waals surface area contributed by atoms with Crippen LogP contribution in [0.4, 0.5) is 9.59 Å². The molecule has 0 heterocycles. The van der Waals surface area contributed by atoms with Crippen molar-refractivity contribution in [2.75, 3.05) is 0 Å². The van der Waals surface area contributed by atoms with Crippen LogP contribution in [0.3, 0.4) is 0 Å². The van der Waals surface area contributed by atoms with Gasteiger partial charge in [0.1, 0.15) is 13.2 Å². The van der Waals surface area contributed by atoms with Gasteiger partial charge in [-0.15, -0.1) is 0 Å². The molecule has 17 heavy (non-hydrogen) atoms. The average molecular weight is 263 g/mol. The maximum absolute atomic E-state index is 12.7. The van der Waals surface area contributed by atoms with E-state index >= 15 is 0 Å². The summed E-state index contributed by atoms with van der Waals surface area (Å²) in [5, 5.41) is 14.1. The van der Waals surface area contributed by atoms with Gasteiger partial charge < -0.3 is 19.8 Å². The second-order valence-corrected chi connectivity index (χ2v) is 8.88. The molecule has 0 saturated carbocycles. The molecular weight excluding hydrogens is 243 g/mol. The molecule has 0 aromatic carbocycles. The lowest BCUT2D eigenvalue weighted by molar-refractivity contribution is -0.248. The molecule has 3 amide bonds. The van der Waals surface area contributed by atoms with Gasteiger partial charge in [0.2, 0.25) is 0 Å². The second kappa shape index (κ2) is 6.05. The van der Waals surface area contributed by atoms with Gasteiger partial charge in [-0.25, -0.2) is 4.79 Å². The Morgan fingerprint density at radius 3 is 1.76 bits per heavy atom. The van der Waals surface area contributed by atoms with Crippen molar-refractivity contribution < 1.29 is 19.3 Å². The lowest BCUT2D eigenvalue weighted by atomic mass is 10.5. The highest BCUT2D eigenvalue weighted by Gasteiger charge is 2.37. The van der Waals surface area contributed by atoms with Crippen LogP contribution < -0.4 is 15.7 Å². The highest BCUT2D eigenvalue weighted by atomic mass is 31.2. The van der Waals surface area contributed by atoms with Crippen molar-refractivity contribution in [3.05, 3.63) is 0 Å². The summed E-state index contributed by atoms with van der Waals surface area (Å²) >= 11 is 0. The van der Waals surface area contributed by atoms with Gasteiger partial charge in [-0.2, -0.15) is 0 Å². The van der Waals surface area contributed by atoms with E-state index in [4.69, 9.17) is 0 Å². The maximum Gasteiger partial charge on any atom is 0.320 e. The van der Waals surface area contributed by atoms with E-state index < -0.39 is 25.0 Å². The molecule has 0 rings (SSSR count). The van der Waals surface area contributed by atoms with Crippen molar-refractivity contribution >= 4 is 19.3 Å². The number of hydrogen-bond donors (Lipinski definition) is 2. The van der Waals surface area contributed by atoms with E-state index in [-0.39, 0.29) is 11.3 Å². The number of nitrogens with one attached hydrogen (secondary N) is 2. The molecule has 0 aliphatic rings. The van der Waals surface area contributed by atoms with Crippen molar-refractivity contribution in [1.29, 1.82) is 0 Å². The van der Waals surface area contributed by atoms with Crippen LogP contribution in [0.2, 0.25) is 0 Å². The Kier molecular flexibility index (Phi) is 5.69. The Morgan fingerprint density at radius 2 is 1.47 bits per heavy atom. The van der Waals surface area contributed by atoms with Gasteiger partial charge in [0.05, 0.1) is 5.78 Å². The third kappa shape index (κ3) is 4.04. The second-order valence-electron chi connectivity index (χ2n) is 4.51. The zero-order valence-corrected chi connectivity index (χ0v) is 11.7. The SMILES string of the molecule is CC(C)P(=O)(C(C)C)C(C)NC(=O)NC(=O)[O-]. The summed E-state index contributed by atoms with van der Waals surface area (Å²) in [6.07, 6.45) is -1.68. The highest BCUT2D eigenvalue weighted by Crippen LogP contribution is 2.57. The number of carbonyl (C=O) groups is 2. The van der Waals surface area contributed by atoms with Crippen LogP contribution in [-0.2, 0) is 4.57 Å². The van der Waals surface area contributed by atoms with Crippen LogP contribution in [0.5, 0.6) is 0 Å². The minimum atomic E-state index is -2.64. The van der Waals surface area contributed by atoms with E-state index in [1.54, 1.807) is 12.2 Å². The molecule has 6 nitrogen and oxygen atoms in total. The summed E-state index contributed by atoms with van der Waals surface area (Å²) in [4.78, 5) is 21.3. The molecule has 0 aromatic rings. The fraction of sp³-hybridized carbons (Fsp3) is 0.800. The number of amides is 3. The Bertz CT molecular complexity index is 329. The van der Waals surface area contributed by atoms with E-state index in [1.165, 1.54) is 0 Å². The first kappa shape index (κ1) is 16.0. The van der Waals surface area contributed by atoms with E-state index in [1.807, 2.05) is 27.7 Å². The quantitative estimate of drug-likeness (QED) is 0.743. The molecule has 100 valence electrons. The molecule has 0 aromatic heterocycles. The smallest absolute Gasteiger partial charge is 0.320 e. The standard InChI is InChI=1S/C10H21N2O4P/c1-6(2)17(16,7(3)4)8(5)11-9(13)12-10(14)15/h6-8H,1-5H3,(H,14,15)(H2,11,12,13)/p-1. The van der Waals surface area contributed by atoms with Crippen LogP contribution in [-0.4, -0.2) is 29.2 Å². The normalized spacial score (nSPS) is 13.6. The summed E-state index contributed by atoms with van der Waals surface area (Å²) in [6, 6.07) is -0.904. The lowest BCUT2D eigenvalue weighted by Crippen LogP contribution is -2.49. The summed E-state index contributed by atoms with van der Waals surface area (Å²) < 4.78 is 12.7. The van der Waals surface area contributed by atoms with Gasteiger partial charge in [0, 0.05) is 11.3 Å². The van der Waals surface area contributed by atoms with Gasteiger partial charge in [-0.05, 0) is 6.92 Å². The summed E-state index contributed by atoms with van der Waals surface area (Å²) in [5.41, 5.74) is -0.165. The Labute approximate surface area is 102 Å². The molecule has 0 aliphatic heterocycles. The summed E-state index contributed by atoms with van der Waals surface area (Å²) in [6.45, 7) is 8.94. The van der Waals surface area contributed by atoms with Crippen molar-refractivity contribution in [2.24, 2.45) is 0 Å². The molecule has 7 heteroatoms. The topological polar surface area (TPSA) is 98.3 Å². The van der Waals surface area contributed by atoms with Gasteiger partial charge >= 0.3 is 6.03 Å². The van der Waals surface area contributed by atoms with Gasteiger partial charge in [-0.1, -0.05) is 27.7 Å². The minimum absolute atomic E-state index is 0.0826. The molecule has 0 spiro atoms. The zero-order valence-electron chi connectivity index (χ0n) is 10.8. The van der Waals surface area contributed by atoms with E-state index in [0.29, 0.717) is 0 Å². The Hall–Kier alpha value is -1.03. The Balaban J connectivity index is 4.78. The van der Waals surface area contributed by atoms with Crippen LogP contribution in [0.1, 0.15) is 34.6 Å². The third-order valence-electron chi connectivity index (χ3n) is 2.78. The Morgan fingerprint density at radius 1 is 1.06 bits per heavy atom. The van der Waals surface area contributed by atoms with Crippen LogP contribution in [0, 0.1) is 0 Å². The molecule has 0 fully saturated rings. The number of carbonyl (C=O) groups excluding carboxylic acids is 2. The van der Waals surface area contributed by atoms with E-state index in [9.17, 15) is 19.3 Å². The summed E-state index contributed by atoms with van der Waals surface area (Å²) in [7, 11) is -2.64. The van der Waals surface area contributed by atoms with Crippen LogP contribution in [0.25, 0.3) is 0 Å². The average Bonchev–Trinajstić information content (AvgIpc) is 2.13. The fourth-order valence-electron chi connectivity index (χ4n) is 1.91. The van der Waals surface area contributed by atoms with Crippen molar-refractivity contribution in [3.63, 3.8) is 0 Å².